The van der Waals surface area contributed by atoms with Crippen LogP contribution in [-0.4, -0.2) is 31.8 Å². The summed E-state index contributed by atoms with van der Waals surface area (Å²) >= 11 is 0. The lowest BCUT2D eigenvalue weighted by Gasteiger charge is -2.12. The maximum absolute atomic E-state index is 11.3. The minimum atomic E-state index is -0.778. The van der Waals surface area contributed by atoms with Gasteiger partial charge < -0.3 is 9.88 Å². The summed E-state index contributed by atoms with van der Waals surface area (Å²) in [4.78, 5) is 4.11. The largest absolute Gasteiger partial charge is 0.332 e. The molecular weight excluding hydrogens is 210 g/mol. The number of rotatable bonds is 6. The fourth-order valence-electron chi connectivity index (χ4n) is 1.29. The van der Waals surface area contributed by atoms with Crippen LogP contribution in [0.5, 0.6) is 0 Å². The monoisotopic (exact) mass is 229 g/mol. The number of hydrogen-bond donors (Lipinski definition) is 1. The lowest BCUT2D eigenvalue weighted by molar-refractivity contribution is 0.604. The molecule has 15 heavy (non-hydrogen) atoms. The van der Waals surface area contributed by atoms with Crippen LogP contribution in [0.25, 0.3) is 0 Å². The van der Waals surface area contributed by atoms with Crippen LogP contribution in [0.3, 0.4) is 0 Å². The second kappa shape index (κ2) is 6.02. The molecule has 1 heterocycles. The van der Waals surface area contributed by atoms with Crippen molar-refractivity contribution in [1.29, 1.82) is 0 Å². The molecular formula is C10H19N3OS. The van der Waals surface area contributed by atoms with Gasteiger partial charge >= 0.3 is 0 Å². The van der Waals surface area contributed by atoms with E-state index in [1.807, 2.05) is 13.1 Å². The van der Waals surface area contributed by atoms with Crippen LogP contribution < -0.4 is 5.32 Å². The Morgan fingerprint density at radius 2 is 2.40 bits per heavy atom. The van der Waals surface area contributed by atoms with E-state index in [2.05, 4.69) is 21.8 Å². The van der Waals surface area contributed by atoms with Crippen molar-refractivity contribution in [2.75, 3.05) is 12.8 Å². The summed E-state index contributed by atoms with van der Waals surface area (Å²) < 4.78 is 13.3. The van der Waals surface area contributed by atoms with Crippen molar-refractivity contribution in [2.24, 2.45) is 0 Å². The first kappa shape index (κ1) is 12.4. The first-order chi connectivity index (χ1) is 7.15. The van der Waals surface area contributed by atoms with Crippen molar-refractivity contribution >= 4 is 10.8 Å². The molecule has 5 heteroatoms. The third kappa shape index (κ3) is 3.76. The van der Waals surface area contributed by atoms with Gasteiger partial charge in [-0.25, -0.2) is 4.98 Å². The lowest BCUT2D eigenvalue weighted by atomic mass is 10.4. The van der Waals surface area contributed by atoms with Crippen molar-refractivity contribution < 1.29 is 4.21 Å². The highest BCUT2D eigenvalue weighted by Crippen LogP contribution is 2.03. The highest BCUT2D eigenvalue weighted by atomic mass is 32.2. The molecule has 0 radical (unpaired) electrons. The van der Waals surface area contributed by atoms with Gasteiger partial charge in [-0.1, -0.05) is 6.92 Å². The molecule has 1 aromatic rings. The molecule has 1 aromatic heterocycles. The van der Waals surface area contributed by atoms with Gasteiger partial charge in [0.15, 0.2) is 0 Å². The van der Waals surface area contributed by atoms with E-state index in [-0.39, 0.29) is 5.25 Å². The van der Waals surface area contributed by atoms with Gasteiger partial charge in [-0.3, -0.25) is 4.21 Å². The quantitative estimate of drug-likeness (QED) is 0.783. The summed E-state index contributed by atoms with van der Waals surface area (Å²) in [5.41, 5.74) is 1.15. The highest BCUT2D eigenvalue weighted by Gasteiger charge is 2.09. The van der Waals surface area contributed by atoms with Gasteiger partial charge in [-0.05, 0) is 13.5 Å². The smallest absolute Gasteiger partial charge is 0.0948 e. The molecule has 0 aliphatic rings. The molecule has 0 saturated carbocycles. The maximum atomic E-state index is 11.3. The van der Waals surface area contributed by atoms with Crippen molar-refractivity contribution in [3.63, 3.8) is 0 Å². The van der Waals surface area contributed by atoms with Gasteiger partial charge in [0, 0.05) is 41.6 Å². The topological polar surface area (TPSA) is 46.9 Å². The van der Waals surface area contributed by atoms with Crippen LogP contribution in [0.4, 0.5) is 0 Å². The molecule has 0 aromatic carbocycles. The fourth-order valence-corrected chi connectivity index (χ4v) is 1.67. The van der Waals surface area contributed by atoms with E-state index < -0.39 is 10.8 Å². The molecule has 0 aliphatic carbocycles. The average molecular weight is 229 g/mol. The maximum Gasteiger partial charge on any atom is 0.0948 e. The van der Waals surface area contributed by atoms with Crippen molar-refractivity contribution in [3.05, 3.63) is 18.2 Å². The Kier molecular flexibility index (Phi) is 4.98. The number of nitrogens with zero attached hydrogens (tertiary/aromatic N) is 2. The van der Waals surface area contributed by atoms with Crippen molar-refractivity contribution in [1.82, 2.24) is 14.9 Å². The Labute approximate surface area is 93.5 Å². The van der Waals surface area contributed by atoms with Crippen LogP contribution in [0.1, 0.15) is 19.5 Å². The van der Waals surface area contributed by atoms with Crippen LogP contribution in [0.2, 0.25) is 0 Å². The molecule has 86 valence electrons. The Bertz CT molecular complexity index is 324. The molecule has 1 N–H and O–H groups in total. The van der Waals surface area contributed by atoms with Crippen LogP contribution >= 0.6 is 0 Å². The number of hydrogen-bond acceptors (Lipinski definition) is 3. The van der Waals surface area contributed by atoms with E-state index in [1.165, 1.54) is 0 Å². The summed E-state index contributed by atoms with van der Waals surface area (Å²) in [6.07, 6.45) is 5.40. The molecule has 0 amide bonds. The number of imidazole rings is 1. The lowest BCUT2D eigenvalue weighted by Crippen LogP contribution is -2.21. The normalized spacial score (nSPS) is 15.1. The molecule has 0 aliphatic heterocycles. The van der Waals surface area contributed by atoms with Gasteiger partial charge in [-0.2, -0.15) is 0 Å². The predicted molar refractivity (Wildman–Crippen MR) is 63.1 cm³/mol. The Hall–Kier alpha value is -0.680. The van der Waals surface area contributed by atoms with Gasteiger partial charge in [0.1, 0.15) is 0 Å². The molecule has 0 saturated heterocycles. The summed E-state index contributed by atoms with van der Waals surface area (Å²) in [6, 6.07) is 0. The number of aromatic nitrogens is 2. The van der Waals surface area contributed by atoms with Gasteiger partial charge in [0.25, 0.3) is 0 Å². The minimum absolute atomic E-state index is 0.166. The zero-order valence-corrected chi connectivity index (χ0v) is 10.4. The zero-order chi connectivity index (χ0) is 11.3. The van der Waals surface area contributed by atoms with E-state index in [0.717, 1.165) is 25.3 Å². The third-order valence-corrected chi connectivity index (χ3v) is 3.66. The van der Waals surface area contributed by atoms with E-state index in [1.54, 1.807) is 12.6 Å². The Morgan fingerprint density at radius 3 is 3.00 bits per heavy atom. The molecule has 2 unspecified atom stereocenters. The summed E-state index contributed by atoms with van der Waals surface area (Å²) in [6.45, 7) is 6.60. The number of nitrogens with one attached hydrogen (secondary N) is 1. The van der Waals surface area contributed by atoms with E-state index >= 15 is 0 Å². The minimum Gasteiger partial charge on any atom is -0.332 e. The van der Waals surface area contributed by atoms with Crippen molar-refractivity contribution in [2.45, 2.75) is 32.2 Å². The van der Waals surface area contributed by atoms with Gasteiger partial charge in [0.05, 0.1) is 12.0 Å². The average Bonchev–Trinajstić information content (AvgIpc) is 2.62. The second-order valence-electron chi connectivity index (χ2n) is 3.63. The molecule has 0 bridgehead atoms. The first-order valence-electron chi connectivity index (χ1n) is 5.17. The Morgan fingerprint density at radius 1 is 1.67 bits per heavy atom. The molecule has 0 spiro atoms. The van der Waals surface area contributed by atoms with E-state index in [4.69, 9.17) is 0 Å². The molecule has 4 nitrogen and oxygen atoms in total. The second-order valence-corrected chi connectivity index (χ2v) is 5.43. The van der Waals surface area contributed by atoms with E-state index in [0.29, 0.717) is 0 Å². The van der Waals surface area contributed by atoms with Gasteiger partial charge in [-0.15, -0.1) is 0 Å². The van der Waals surface area contributed by atoms with Crippen LogP contribution in [0, 0.1) is 0 Å². The standard InChI is InChI=1S/C10H19N3OS/c1-4-11-5-10-6-12-8-13(10)7-9(2)15(3)14/h6,8-9,11H,4-5,7H2,1-3H3. The molecule has 1 rings (SSSR count). The fraction of sp³-hybridized carbons (Fsp3) is 0.700. The SMILES string of the molecule is CCNCc1cncn1CC(C)S(C)=O. The Balaban J connectivity index is 2.60. The summed E-state index contributed by atoms with van der Waals surface area (Å²) in [7, 11) is -0.778. The van der Waals surface area contributed by atoms with Gasteiger partial charge in [0.2, 0.25) is 0 Å². The van der Waals surface area contributed by atoms with Crippen LogP contribution in [-0.2, 0) is 23.9 Å². The molecule has 0 fully saturated rings. The van der Waals surface area contributed by atoms with E-state index in [9.17, 15) is 4.21 Å². The molecule has 2 atom stereocenters. The third-order valence-electron chi connectivity index (χ3n) is 2.38. The van der Waals surface area contributed by atoms with Crippen molar-refractivity contribution in [3.8, 4) is 0 Å². The predicted octanol–water partition coefficient (Wildman–Crippen LogP) is 0.760. The summed E-state index contributed by atoms with van der Waals surface area (Å²) in [5, 5.41) is 3.42. The zero-order valence-electron chi connectivity index (χ0n) is 9.56. The first-order valence-corrected chi connectivity index (χ1v) is 6.79. The van der Waals surface area contributed by atoms with Crippen LogP contribution in [0.15, 0.2) is 12.5 Å². The summed E-state index contributed by atoms with van der Waals surface area (Å²) in [5.74, 6) is 0. The highest BCUT2D eigenvalue weighted by molar-refractivity contribution is 7.84.